The fraction of sp³-hybridized carbons (Fsp3) is 0.600. The lowest BCUT2D eigenvalue weighted by atomic mass is 10.00. The van der Waals surface area contributed by atoms with Crippen LogP contribution in [0.15, 0.2) is 15.8 Å². The summed E-state index contributed by atoms with van der Waals surface area (Å²) >= 11 is 0. The van der Waals surface area contributed by atoms with Gasteiger partial charge in [0.1, 0.15) is 0 Å². The Morgan fingerprint density at radius 2 is 2.20 bits per heavy atom. The number of aromatic amines is 1. The second-order valence-electron chi connectivity index (χ2n) is 4.08. The third-order valence-electron chi connectivity index (χ3n) is 2.83. The van der Waals surface area contributed by atoms with Crippen molar-refractivity contribution in [2.24, 2.45) is 5.92 Å². The third-order valence-corrected chi connectivity index (χ3v) is 2.83. The maximum Gasteiger partial charge on any atom is 0.328 e. The molecule has 0 aromatic carbocycles. The number of hydrogen-bond acceptors (Lipinski definition) is 3. The number of aryl methyl sites for hydroxylation is 2. The Balaban J connectivity index is 2.10. The molecule has 5 heteroatoms. The van der Waals surface area contributed by atoms with Gasteiger partial charge >= 0.3 is 5.69 Å². The molecule has 2 rings (SSSR count). The van der Waals surface area contributed by atoms with Gasteiger partial charge in [0.2, 0.25) is 0 Å². The molecule has 0 radical (unpaired) electrons. The summed E-state index contributed by atoms with van der Waals surface area (Å²) in [6.45, 7) is 4.47. The van der Waals surface area contributed by atoms with E-state index in [-0.39, 0.29) is 11.2 Å². The molecule has 0 aliphatic carbocycles. The average Bonchev–Trinajstić information content (AvgIpc) is 2.11. The highest BCUT2D eigenvalue weighted by Crippen LogP contribution is 2.08. The van der Waals surface area contributed by atoms with Crippen LogP contribution in [-0.4, -0.2) is 22.6 Å². The van der Waals surface area contributed by atoms with Crippen molar-refractivity contribution >= 4 is 0 Å². The van der Waals surface area contributed by atoms with Crippen LogP contribution < -0.4 is 16.6 Å². The molecule has 15 heavy (non-hydrogen) atoms. The molecule has 0 amide bonds. The molecule has 1 aromatic heterocycles. The Hall–Kier alpha value is -1.36. The van der Waals surface area contributed by atoms with Crippen LogP contribution in [0, 0.1) is 12.8 Å². The van der Waals surface area contributed by atoms with E-state index in [0.717, 1.165) is 19.5 Å². The standard InChI is InChI=1S/C10H15N3O2/c1-7-6-13(10(15)12-9(7)14)3-2-8-4-11-5-8/h6,8,11H,2-5H2,1H3,(H,12,14,15). The minimum absolute atomic E-state index is 0.290. The molecule has 0 saturated carbocycles. The number of H-pyrrole nitrogens is 1. The van der Waals surface area contributed by atoms with E-state index in [1.165, 1.54) is 0 Å². The molecule has 82 valence electrons. The van der Waals surface area contributed by atoms with Crippen LogP contribution in [0.2, 0.25) is 0 Å². The van der Waals surface area contributed by atoms with Gasteiger partial charge in [0.25, 0.3) is 5.56 Å². The topological polar surface area (TPSA) is 66.9 Å². The Labute approximate surface area is 87.1 Å². The van der Waals surface area contributed by atoms with E-state index in [4.69, 9.17) is 0 Å². The van der Waals surface area contributed by atoms with E-state index in [1.54, 1.807) is 17.7 Å². The lowest BCUT2D eigenvalue weighted by molar-refractivity contribution is 0.309. The van der Waals surface area contributed by atoms with Gasteiger partial charge in [-0.25, -0.2) is 4.79 Å². The quantitative estimate of drug-likeness (QED) is 0.702. The van der Waals surface area contributed by atoms with Crippen LogP contribution in [-0.2, 0) is 6.54 Å². The number of hydrogen-bond donors (Lipinski definition) is 2. The Morgan fingerprint density at radius 3 is 2.80 bits per heavy atom. The van der Waals surface area contributed by atoms with Gasteiger partial charge in [-0.05, 0) is 32.4 Å². The fourth-order valence-corrected chi connectivity index (χ4v) is 1.66. The molecule has 1 aromatic rings. The van der Waals surface area contributed by atoms with Crippen molar-refractivity contribution in [3.05, 3.63) is 32.6 Å². The van der Waals surface area contributed by atoms with Crippen molar-refractivity contribution in [3.8, 4) is 0 Å². The molecular formula is C10H15N3O2. The molecule has 0 spiro atoms. The van der Waals surface area contributed by atoms with Crippen LogP contribution in [0.5, 0.6) is 0 Å². The minimum Gasteiger partial charge on any atom is -0.316 e. The predicted molar refractivity (Wildman–Crippen MR) is 57.0 cm³/mol. The van der Waals surface area contributed by atoms with Gasteiger partial charge in [0.15, 0.2) is 0 Å². The van der Waals surface area contributed by atoms with E-state index in [9.17, 15) is 9.59 Å². The summed E-state index contributed by atoms with van der Waals surface area (Å²) in [6, 6.07) is 0. The minimum atomic E-state index is -0.308. The predicted octanol–water partition coefficient (Wildman–Crippen LogP) is -0.545. The second-order valence-corrected chi connectivity index (χ2v) is 4.08. The van der Waals surface area contributed by atoms with Crippen molar-refractivity contribution < 1.29 is 0 Å². The Bertz CT molecular complexity index is 456. The van der Waals surface area contributed by atoms with Crippen LogP contribution in [0.4, 0.5) is 0 Å². The van der Waals surface area contributed by atoms with Crippen LogP contribution in [0.1, 0.15) is 12.0 Å². The zero-order chi connectivity index (χ0) is 10.8. The Kier molecular flexibility index (Phi) is 2.73. The van der Waals surface area contributed by atoms with Gasteiger partial charge in [-0.2, -0.15) is 0 Å². The molecule has 2 N–H and O–H groups in total. The molecular weight excluding hydrogens is 194 g/mol. The van der Waals surface area contributed by atoms with E-state index < -0.39 is 0 Å². The molecule has 1 fully saturated rings. The maximum absolute atomic E-state index is 11.4. The van der Waals surface area contributed by atoms with E-state index >= 15 is 0 Å². The highest BCUT2D eigenvalue weighted by Gasteiger charge is 2.16. The van der Waals surface area contributed by atoms with Crippen LogP contribution in [0.3, 0.4) is 0 Å². The van der Waals surface area contributed by atoms with Gasteiger partial charge in [0, 0.05) is 18.3 Å². The van der Waals surface area contributed by atoms with Crippen molar-refractivity contribution in [2.45, 2.75) is 19.9 Å². The summed E-state index contributed by atoms with van der Waals surface area (Å²) in [5, 5.41) is 3.19. The number of rotatable bonds is 3. The molecule has 1 aliphatic rings. The van der Waals surface area contributed by atoms with Gasteiger partial charge in [-0.15, -0.1) is 0 Å². The normalized spacial score (nSPS) is 16.3. The van der Waals surface area contributed by atoms with Crippen molar-refractivity contribution in [3.63, 3.8) is 0 Å². The van der Waals surface area contributed by atoms with Crippen molar-refractivity contribution in [1.29, 1.82) is 0 Å². The highest BCUT2D eigenvalue weighted by molar-refractivity contribution is 5.00. The molecule has 5 nitrogen and oxygen atoms in total. The van der Waals surface area contributed by atoms with Crippen molar-refractivity contribution in [2.75, 3.05) is 13.1 Å². The molecule has 0 unspecified atom stereocenters. The second kappa shape index (κ2) is 4.02. The SMILES string of the molecule is Cc1cn(CCC2CNC2)c(=O)[nH]c1=O. The van der Waals surface area contributed by atoms with Gasteiger partial charge in [0.05, 0.1) is 0 Å². The molecule has 1 aliphatic heterocycles. The van der Waals surface area contributed by atoms with E-state index in [2.05, 4.69) is 10.3 Å². The Morgan fingerprint density at radius 1 is 1.47 bits per heavy atom. The first-order chi connectivity index (χ1) is 7.16. The van der Waals surface area contributed by atoms with Gasteiger partial charge in [-0.1, -0.05) is 0 Å². The first-order valence-electron chi connectivity index (χ1n) is 5.18. The largest absolute Gasteiger partial charge is 0.328 e. The maximum atomic E-state index is 11.4. The third kappa shape index (κ3) is 2.18. The highest BCUT2D eigenvalue weighted by atomic mass is 16.2. The molecule has 1 saturated heterocycles. The first kappa shape index (κ1) is 10.2. The first-order valence-corrected chi connectivity index (χ1v) is 5.18. The van der Waals surface area contributed by atoms with E-state index in [1.807, 2.05) is 0 Å². The van der Waals surface area contributed by atoms with Crippen molar-refractivity contribution in [1.82, 2.24) is 14.9 Å². The summed E-state index contributed by atoms with van der Waals surface area (Å²) < 4.78 is 1.58. The fourth-order valence-electron chi connectivity index (χ4n) is 1.66. The van der Waals surface area contributed by atoms with E-state index in [0.29, 0.717) is 18.0 Å². The monoisotopic (exact) mass is 209 g/mol. The summed E-state index contributed by atoms with van der Waals surface area (Å²) in [4.78, 5) is 24.8. The number of nitrogens with zero attached hydrogens (tertiary/aromatic N) is 1. The summed E-state index contributed by atoms with van der Waals surface area (Å²) in [6.07, 6.45) is 2.62. The van der Waals surface area contributed by atoms with Crippen LogP contribution >= 0.6 is 0 Å². The van der Waals surface area contributed by atoms with Gasteiger partial charge in [-0.3, -0.25) is 9.78 Å². The zero-order valence-electron chi connectivity index (χ0n) is 8.75. The lowest BCUT2D eigenvalue weighted by Gasteiger charge is -2.27. The average molecular weight is 209 g/mol. The zero-order valence-corrected chi connectivity index (χ0v) is 8.75. The summed E-state index contributed by atoms with van der Waals surface area (Å²) in [5.41, 5.74) is -0.0132. The molecule has 0 bridgehead atoms. The van der Waals surface area contributed by atoms with Gasteiger partial charge < -0.3 is 9.88 Å². The molecule has 2 heterocycles. The molecule has 0 atom stereocenters. The summed E-state index contributed by atoms with van der Waals surface area (Å²) in [7, 11) is 0. The number of aromatic nitrogens is 2. The van der Waals surface area contributed by atoms with Crippen LogP contribution in [0.25, 0.3) is 0 Å². The smallest absolute Gasteiger partial charge is 0.316 e. The summed E-state index contributed by atoms with van der Waals surface area (Å²) in [5.74, 6) is 0.670. The lowest BCUT2D eigenvalue weighted by Crippen LogP contribution is -2.43. The number of nitrogens with one attached hydrogen (secondary N) is 2.